The van der Waals surface area contributed by atoms with Crippen molar-refractivity contribution in [1.82, 2.24) is 9.62 Å². The molecule has 1 fully saturated rings. The van der Waals surface area contributed by atoms with E-state index < -0.39 is 27.7 Å². The van der Waals surface area contributed by atoms with Crippen LogP contribution < -0.4 is 10.6 Å². The zero-order valence-electron chi connectivity index (χ0n) is 18.9. The van der Waals surface area contributed by atoms with Crippen LogP contribution in [-0.4, -0.2) is 43.7 Å². The summed E-state index contributed by atoms with van der Waals surface area (Å²) in [6, 6.07) is 10.7. The van der Waals surface area contributed by atoms with Gasteiger partial charge in [-0.15, -0.1) is 0 Å². The van der Waals surface area contributed by atoms with Gasteiger partial charge in [-0.2, -0.15) is 4.31 Å². The van der Waals surface area contributed by atoms with Gasteiger partial charge in [-0.05, 0) is 74.1 Å². The van der Waals surface area contributed by atoms with Crippen LogP contribution >= 0.6 is 0 Å². The van der Waals surface area contributed by atoms with Gasteiger partial charge in [0.2, 0.25) is 10.0 Å². The Bertz CT molecular complexity index is 1100. The van der Waals surface area contributed by atoms with E-state index in [0.717, 1.165) is 30.9 Å². The van der Waals surface area contributed by atoms with Crippen LogP contribution in [0.3, 0.4) is 0 Å². The second-order valence-corrected chi connectivity index (χ2v) is 10.1. The zero-order chi connectivity index (χ0) is 24.0. The Morgan fingerprint density at radius 3 is 2.48 bits per heavy atom. The number of rotatable bonds is 7. The first-order chi connectivity index (χ1) is 15.7. The molecule has 3 rings (SSSR count). The van der Waals surface area contributed by atoms with Gasteiger partial charge in [-0.25, -0.2) is 12.8 Å². The van der Waals surface area contributed by atoms with E-state index in [1.54, 1.807) is 12.1 Å². The number of halogens is 1. The van der Waals surface area contributed by atoms with E-state index in [0.29, 0.717) is 25.1 Å². The summed E-state index contributed by atoms with van der Waals surface area (Å²) < 4.78 is 41.4. The summed E-state index contributed by atoms with van der Waals surface area (Å²) in [5, 5.41) is 5.14. The molecule has 0 saturated carbocycles. The number of benzene rings is 2. The molecule has 2 N–H and O–H groups in total. The van der Waals surface area contributed by atoms with Gasteiger partial charge in [-0.3, -0.25) is 9.59 Å². The summed E-state index contributed by atoms with van der Waals surface area (Å²) in [6.45, 7) is 4.09. The highest BCUT2D eigenvalue weighted by atomic mass is 32.2. The van der Waals surface area contributed by atoms with Crippen LogP contribution in [0, 0.1) is 12.7 Å². The molecule has 33 heavy (non-hydrogen) atoms. The van der Waals surface area contributed by atoms with Crippen molar-refractivity contribution in [2.75, 3.05) is 18.4 Å². The zero-order valence-corrected chi connectivity index (χ0v) is 19.8. The number of anilines is 1. The van der Waals surface area contributed by atoms with Crippen LogP contribution in [0.15, 0.2) is 47.4 Å². The Labute approximate surface area is 194 Å². The van der Waals surface area contributed by atoms with Crippen LogP contribution in [-0.2, 0) is 26.0 Å². The van der Waals surface area contributed by atoms with Crippen LogP contribution in [0.2, 0.25) is 0 Å². The molecule has 0 radical (unpaired) electrons. The lowest BCUT2D eigenvalue weighted by Crippen LogP contribution is -2.45. The van der Waals surface area contributed by atoms with Crippen LogP contribution in [0.5, 0.6) is 0 Å². The van der Waals surface area contributed by atoms with E-state index in [4.69, 9.17) is 0 Å². The van der Waals surface area contributed by atoms with E-state index in [2.05, 4.69) is 10.6 Å². The van der Waals surface area contributed by atoms with Gasteiger partial charge in [0.1, 0.15) is 5.82 Å². The molecule has 2 aromatic rings. The Morgan fingerprint density at radius 2 is 1.82 bits per heavy atom. The number of carbonyl (C=O) groups is 2. The molecule has 1 atom stereocenters. The maximum atomic E-state index is 13.6. The number of sulfonamides is 1. The summed E-state index contributed by atoms with van der Waals surface area (Å²) in [5.74, 6) is -1.99. The summed E-state index contributed by atoms with van der Waals surface area (Å²) in [7, 11) is -3.79. The largest absolute Gasteiger partial charge is 0.348 e. The highest BCUT2D eigenvalue weighted by Gasteiger charge is 2.33. The molecule has 0 aliphatic carbocycles. The molecular formula is C24H30FN3O4S. The number of amides is 2. The van der Waals surface area contributed by atoms with E-state index in [-0.39, 0.29) is 23.0 Å². The van der Waals surface area contributed by atoms with Crippen molar-refractivity contribution in [2.45, 2.75) is 56.9 Å². The lowest BCUT2D eigenvalue weighted by atomic mass is 10.0. The first-order valence-corrected chi connectivity index (χ1v) is 12.6. The van der Waals surface area contributed by atoms with Crippen molar-refractivity contribution < 1.29 is 22.4 Å². The maximum Gasteiger partial charge on any atom is 0.313 e. The van der Waals surface area contributed by atoms with E-state index in [9.17, 15) is 22.4 Å². The second-order valence-electron chi connectivity index (χ2n) is 8.23. The van der Waals surface area contributed by atoms with E-state index in [1.807, 2.05) is 19.1 Å². The number of nitrogens with zero attached hydrogens (tertiary/aromatic N) is 1. The normalized spacial score (nSPS) is 16.9. The van der Waals surface area contributed by atoms with Gasteiger partial charge >= 0.3 is 11.8 Å². The predicted octanol–water partition coefficient (Wildman–Crippen LogP) is 3.38. The highest BCUT2D eigenvalue weighted by molar-refractivity contribution is 7.89. The lowest BCUT2D eigenvalue weighted by molar-refractivity contribution is -0.136. The minimum absolute atomic E-state index is 0.0609. The van der Waals surface area contributed by atoms with Crippen LogP contribution in [0.4, 0.5) is 10.1 Å². The van der Waals surface area contributed by atoms with Gasteiger partial charge in [0.25, 0.3) is 0 Å². The average Bonchev–Trinajstić information content (AvgIpc) is 2.81. The lowest BCUT2D eigenvalue weighted by Gasteiger charge is -2.34. The third-order valence-electron chi connectivity index (χ3n) is 5.90. The maximum absolute atomic E-state index is 13.6. The molecule has 1 saturated heterocycles. The highest BCUT2D eigenvalue weighted by Crippen LogP contribution is 2.27. The van der Waals surface area contributed by atoms with Crippen LogP contribution in [0.1, 0.15) is 43.7 Å². The number of piperidine rings is 1. The molecule has 2 aromatic carbocycles. The molecule has 1 heterocycles. The summed E-state index contributed by atoms with van der Waals surface area (Å²) in [4.78, 5) is 24.4. The molecule has 0 unspecified atom stereocenters. The van der Waals surface area contributed by atoms with Gasteiger partial charge < -0.3 is 10.6 Å². The van der Waals surface area contributed by atoms with Crippen molar-refractivity contribution in [3.8, 4) is 0 Å². The molecule has 1 aliphatic rings. The smallest absolute Gasteiger partial charge is 0.313 e. The van der Waals surface area contributed by atoms with E-state index in [1.165, 1.54) is 23.4 Å². The first-order valence-electron chi connectivity index (χ1n) is 11.2. The van der Waals surface area contributed by atoms with Crippen molar-refractivity contribution in [1.29, 1.82) is 0 Å². The average molecular weight is 476 g/mol. The molecule has 1 aliphatic heterocycles. The Kier molecular flexibility index (Phi) is 8.20. The van der Waals surface area contributed by atoms with Crippen molar-refractivity contribution in [3.05, 3.63) is 59.4 Å². The van der Waals surface area contributed by atoms with Crippen LogP contribution in [0.25, 0.3) is 0 Å². The number of nitrogens with one attached hydrogen (secondary N) is 2. The predicted molar refractivity (Wildman–Crippen MR) is 125 cm³/mol. The quantitative estimate of drug-likeness (QED) is 0.600. The number of hydrogen-bond donors (Lipinski definition) is 2. The standard InChI is InChI=1S/C24H30FN3O4S/c1-3-18-7-9-19(10-8-18)27-24(30)23(29)26-14-13-20-6-4-5-15-28(20)33(31,32)21-11-12-22(25)17(2)16-21/h7-12,16,20H,3-6,13-15H2,1-2H3,(H,26,29)(H,27,30)/t20-/m1/s1. The second kappa shape index (κ2) is 10.9. The topological polar surface area (TPSA) is 95.6 Å². The van der Waals surface area contributed by atoms with Crippen molar-refractivity contribution >= 4 is 27.5 Å². The monoisotopic (exact) mass is 475 g/mol. The Morgan fingerprint density at radius 1 is 1.09 bits per heavy atom. The molecule has 0 bridgehead atoms. The fourth-order valence-electron chi connectivity index (χ4n) is 3.94. The third-order valence-corrected chi connectivity index (χ3v) is 7.85. The molecule has 7 nitrogen and oxygen atoms in total. The number of hydrogen-bond acceptors (Lipinski definition) is 4. The summed E-state index contributed by atoms with van der Waals surface area (Å²) >= 11 is 0. The Hall–Kier alpha value is -2.78. The third kappa shape index (κ3) is 6.17. The van der Waals surface area contributed by atoms with Crippen molar-refractivity contribution in [3.63, 3.8) is 0 Å². The first kappa shape index (κ1) is 24.9. The minimum Gasteiger partial charge on any atom is -0.348 e. The number of carbonyl (C=O) groups excluding carboxylic acids is 2. The minimum atomic E-state index is -3.79. The molecule has 0 aromatic heterocycles. The van der Waals surface area contributed by atoms with Gasteiger partial charge in [0.05, 0.1) is 4.90 Å². The molecule has 0 spiro atoms. The van der Waals surface area contributed by atoms with Gasteiger partial charge in [0, 0.05) is 24.8 Å². The SMILES string of the molecule is CCc1ccc(NC(=O)C(=O)NCC[C@H]2CCCCN2S(=O)(=O)c2ccc(F)c(C)c2)cc1. The van der Waals surface area contributed by atoms with Crippen molar-refractivity contribution in [2.24, 2.45) is 0 Å². The fourth-order valence-corrected chi connectivity index (χ4v) is 5.75. The number of aryl methyl sites for hydroxylation is 2. The molecule has 9 heteroatoms. The molecule has 2 amide bonds. The Balaban J connectivity index is 1.57. The van der Waals surface area contributed by atoms with Gasteiger partial charge in [-0.1, -0.05) is 25.5 Å². The summed E-state index contributed by atoms with van der Waals surface area (Å²) in [5.41, 5.74) is 1.93. The molecular weight excluding hydrogens is 445 g/mol. The van der Waals surface area contributed by atoms with Gasteiger partial charge in [0.15, 0.2) is 0 Å². The summed E-state index contributed by atoms with van der Waals surface area (Å²) in [6.07, 6.45) is 3.53. The van der Waals surface area contributed by atoms with E-state index >= 15 is 0 Å². The fraction of sp³-hybridized carbons (Fsp3) is 0.417. The molecule has 178 valence electrons.